The predicted molar refractivity (Wildman–Crippen MR) is 118 cm³/mol. The quantitative estimate of drug-likeness (QED) is 0.656. The Kier molecular flexibility index (Phi) is 6.51. The summed E-state index contributed by atoms with van der Waals surface area (Å²) in [5, 5.41) is 7.56. The monoisotopic (exact) mass is 404 g/mol. The maximum absolute atomic E-state index is 12.5. The second kappa shape index (κ2) is 9.65. The van der Waals surface area contributed by atoms with E-state index in [9.17, 15) is 4.79 Å². The van der Waals surface area contributed by atoms with Gasteiger partial charge in [0.1, 0.15) is 0 Å². The van der Waals surface area contributed by atoms with Crippen LogP contribution in [0.15, 0.2) is 61.1 Å². The van der Waals surface area contributed by atoms with Gasteiger partial charge >= 0.3 is 0 Å². The molecule has 156 valence electrons. The summed E-state index contributed by atoms with van der Waals surface area (Å²) in [5.41, 5.74) is 4.30. The van der Waals surface area contributed by atoms with E-state index in [1.54, 1.807) is 12.4 Å². The Labute approximate surface area is 177 Å². The fourth-order valence-electron chi connectivity index (χ4n) is 3.83. The van der Waals surface area contributed by atoms with E-state index in [-0.39, 0.29) is 5.91 Å². The van der Waals surface area contributed by atoms with Crippen LogP contribution in [0.25, 0.3) is 11.3 Å². The Morgan fingerprint density at radius 3 is 2.47 bits per heavy atom. The van der Waals surface area contributed by atoms with E-state index >= 15 is 0 Å². The molecule has 0 spiro atoms. The SMILES string of the molecule is CCc1ccccc1NC(=O)CN1CCN(Cn2nccc2-c2ccncc2)CC1. The molecule has 7 nitrogen and oxygen atoms in total. The van der Waals surface area contributed by atoms with E-state index in [0.717, 1.165) is 56.2 Å². The Morgan fingerprint density at radius 2 is 1.70 bits per heavy atom. The van der Waals surface area contributed by atoms with E-state index in [2.05, 4.69) is 38.2 Å². The van der Waals surface area contributed by atoms with E-state index in [1.807, 2.05) is 47.3 Å². The van der Waals surface area contributed by atoms with Gasteiger partial charge in [-0.15, -0.1) is 0 Å². The molecule has 0 radical (unpaired) electrons. The van der Waals surface area contributed by atoms with E-state index < -0.39 is 0 Å². The van der Waals surface area contributed by atoms with Crippen molar-refractivity contribution in [3.63, 3.8) is 0 Å². The maximum Gasteiger partial charge on any atom is 0.238 e. The van der Waals surface area contributed by atoms with Crippen LogP contribution in [0.3, 0.4) is 0 Å². The number of benzene rings is 1. The van der Waals surface area contributed by atoms with Crippen molar-refractivity contribution in [1.29, 1.82) is 0 Å². The largest absolute Gasteiger partial charge is 0.325 e. The van der Waals surface area contributed by atoms with Crippen LogP contribution in [-0.2, 0) is 17.9 Å². The van der Waals surface area contributed by atoms with Gasteiger partial charge < -0.3 is 5.32 Å². The molecule has 1 aromatic carbocycles. The lowest BCUT2D eigenvalue weighted by Crippen LogP contribution is -2.49. The highest BCUT2D eigenvalue weighted by Gasteiger charge is 2.20. The van der Waals surface area contributed by atoms with Crippen LogP contribution in [-0.4, -0.2) is 63.2 Å². The lowest BCUT2D eigenvalue weighted by atomic mass is 10.1. The molecule has 0 saturated carbocycles. The zero-order valence-corrected chi connectivity index (χ0v) is 17.4. The van der Waals surface area contributed by atoms with Gasteiger partial charge in [0.25, 0.3) is 0 Å². The number of hydrogen-bond acceptors (Lipinski definition) is 5. The Bertz CT molecular complexity index is 963. The first-order chi connectivity index (χ1) is 14.7. The molecule has 7 heteroatoms. The second-order valence-electron chi connectivity index (χ2n) is 7.55. The van der Waals surface area contributed by atoms with Crippen molar-refractivity contribution < 1.29 is 4.79 Å². The molecule has 0 atom stereocenters. The van der Waals surface area contributed by atoms with Crippen LogP contribution in [0, 0.1) is 0 Å². The van der Waals surface area contributed by atoms with Crippen LogP contribution < -0.4 is 5.32 Å². The number of nitrogens with one attached hydrogen (secondary N) is 1. The molecule has 0 bridgehead atoms. The molecule has 1 fully saturated rings. The highest BCUT2D eigenvalue weighted by atomic mass is 16.2. The summed E-state index contributed by atoms with van der Waals surface area (Å²) in [6.07, 6.45) is 6.35. The summed E-state index contributed by atoms with van der Waals surface area (Å²) < 4.78 is 2.03. The number of para-hydroxylation sites is 1. The molecule has 0 aliphatic carbocycles. The van der Waals surface area contributed by atoms with Gasteiger partial charge in [0.2, 0.25) is 5.91 Å². The van der Waals surface area contributed by atoms with E-state index in [4.69, 9.17) is 0 Å². The lowest BCUT2D eigenvalue weighted by Gasteiger charge is -2.34. The predicted octanol–water partition coefficient (Wildman–Crippen LogP) is 2.72. The fourth-order valence-corrected chi connectivity index (χ4v) is 3.83. The topological polar surface area (TPSA) is 66.3 Å². The number of amides is 1. The van der Waals surface area contributed by atoms with Gasteiger partial charge in [-0.25, -0.2) is 0 Å². The molecular formula is C23H28N6O. The summed E-state index contributed by atoms with van der Waals surface area (Å²) >= 11 is 0. The third kappa shape index (κ3) is 4.93. The van der Waals surface area contributed by atoms with Crippen molar-refractivity contribution in [2.24, 2.45) is 0 Å². The van der Waals surface area contributed by atoms with Crippen molar-refractivity contribution >= 4 is 11.6 Å². The highest BCUT2D eigenvalue weighted by Crippen LogP contribution is 2.19. The van der Waals surface area contributed by atoms with Crippen molar-refractivity contribution in [1.82, 2.24) is 24.6 Å². The summed E-state index contributed by atoms with van der Waals surface area (Å²) in [7, 11) is 0. The standard InChI is InChI=1S/C23H28N6O/c1-2-19-5-3-4-6-21(19)26-23(30)17-27-13-15-28(16-14-27)18-29-22(9-12-25-29)20-7-10-24-11-8-20/h3-12H,2,13-18H2,1H3,(H,26,30). The van der Waals surface area contributed by atoms with Crippen LogP contribution in [0.1, 0.15) is 12.5 Å². The molecule has 0 unspecified atom stereocenters. The minimum atomic E-state index is 0.0522. The molecule has 1 aliphatic heterocycles. The average molecular weight is 405 g/mol. The molecule has 1 aliphatic rings. The van der Waals surface area contributed by atoms with Gasteiger partial charge in [0, 0.05) is 56.0 Å². The Hall–Kier alpha value is -3.03. The molecule has 1 amide bonds. The number of hydrogen-bond donors (Lipinski definition) is 1. The minimum Gasteiger partial charge on any atom is -0.325 e. The van der Waals surface area contributed by atoms with Crippen LogP contribution in [0.4, 0.5) is 5.69 Å². The molecule has 2 aromatic heterocycles. The summed E-state index contributed by atoms with van der Waals surface area (Å²) in [6.45, 7) is 6.83. The molecular weight excluding hydrogens is 376 g/mol. The Morgan fingerprint density at radius 1 is 0.967 bits per heavy atom. The van der Waals surface area contributed by atoms with Crippen molar-refractivity contribution in [2.75, 3.05) is 38.0 Å². The number of anilines is 1. The maximum atomic E-state index is 12.5. The highest BCUT2D eigenvalue weighted by molar-refractivity contribution is 5.93. The molecule has 30 heavy (non-hydrogen) atoms. The van der Waals surface area contributed by atoms with Gasteiger partial charge in [-0.2, -0.15) is 5.10 Å². The molecule has 3 aromatic rings. The molecule has 4 rings (SSSR count). The smallest absolute Gasteiger partial charge is 0.238 e. The average Bonchev–Trinajstić information content (AvgIpc) is 3.24. The number of carbonyl (C=O) groups excluding carboxylic acids is 1. The van der Waals surface area contributed by atoms with Crippen molar-refractivity contribution in [3.8, 4) is 11.3 Å². The number of carbonyl (C=O) groups is 1. The van der Waals surface area contributed by atoms with Crippen molar-refractivity contribution in [2.45, 2.75) is 20.0 Å². The van der Waals surface area contributed by atoms with E-state index in [1.165, 1.54) is 5.56 Å². The van der Waals surface area contributed by atoms with Crippen LogP contribution in [0.2, 0.25) is 0 Å². The first kappa shape index (κ1) is 20.3. The Balaban J connectivity index is 1.28. The summed E-state index contributed by atoms with van der Waals surface area (Å²) in [4.78, 5) is 21.2. The van der Waals surface area contributed by atoms with Crippen LogP contribution in [0.5, 0.6) is 0 Å². The third-order valence-corrected chi connectivity index (χ3v) is 5.53. The third-order valence-electron chi connectivity index (χ3n) is 5.53. The van der Waals surface area contributed by atoms with Gasteiger partial charge in [0.05, 0.1) is 18.9 Å². The van der Waals surface area contributed by atoms with Crippen molar-refractivity contribution in [3.05, 3.63) is 66.6 Å². The molecule has 1 saturated heterocycles. The number of aryl methyl sites for hydroxylation is 1. The number of pyridine rings is 1. The normalized spacial score (nSPS) is 15.2. The first-order valence-electron chi connectivity index (χ1n) is 10.5. The van der Waals surface area contributed by atoms with Gasteiger partial charge in [-0.05, 0) is 36.2 Å². The van der Waals surface area contributed by atoms with Gasteiger partial charge in [-0.3, -0.25) is 24.3 Å². The zero-order chi connectivity index (χ0) is 20.8. The lowest BCUT2D eigenvalue weighted by molar-refractivity contribution is -0.117. The summed E-state index contributed by atoms with van der Waals surface area (Å²) in [5.74, 6) is 0.0522. The second-order valence-corrected chi connectivity index (χ2v) is 7.55. The number of rotatable bonds is 7. The number of nitrogens with zero attached hydrogens (tertiary/aromatic N) is 5. The first-order valence-corrected chi connectivity index (χ1v) is 10.5. The minimum absolute atomic E-state index is 0.0522. The fraction of sp³-hybridized carbons (Fsp3) is 0.348. The van der Waals surface area contributed by atoms with E-state index in [0.29, 0.717) is 6.54 Å². The number of aromatic nitrogens is 3. The number of piperazine rings is 1. The summed E-state index contributed by atoms with van der Waals surface area (Å²) in [6, 6.07) is 14.0. The molecule has 1 N–H and O–H groups in total. The van der Waals surface area contributed by atoms with Gasteiger partial charge in [-0.1, -0.05) is 25.1 Å². The zero-order valence-electron chi connectivity index (χ0n) is 17.4. The van der Waals surface area contributed by atoms with Crippen LogP contribution >= 0.6 is 0 Å². The molecule has 3 heterocycles. The van der Waals surface area contributed by atoms with Gasteiger partial charge in [0.15, 0.2) is 0 Å².